The number of ether oxygens (including phenoxy) is 2. The summed E-state index contributed by atoms with van der Waals surface area (Å²) in [5.74, 6) is 1.75. The summed E-state index contributed by atoms with van der Waals surface area (Å²) in [4.78, 5) is 0. The fraction of sp³-hybridized carbons (Fsp3) is 0.167. The molecule has 0 unspecified atom stereocenters. The van der Waals surface area contributed by atoms with E-state index in [2.05, 4.69) is 0 Å². The van der Waals surface area contributed by atoms with Crippen molar-refractivity contribution >= 4 is 10.8 Å². The highest BCUT2D eigenvalue weighted by Gasteiger charge is 1.97. The molecule has 0 spiro atoms. The van der Waals surface area contributed by atoms with Crippen LogP contribution in [0.3, 0.4) is 0 Å². The van der Waals surface area contributed by atoms with Gasteiger partial charge >= 0.3 is 0 Å². The third-order valence-electron chi connectivity index (χ3n) is 2.25. The lowest BCUT2D eigenvalue weighted by molar-refractivity contribution is 0.414. The number of hydrogen-bond acceptors (Lipinski definition) is 2. The Balaban J connectivity index is 2.57. The fourth-order valence-corrected chi connectivity index (χ4v) is 1.46. The van der Waals surface area contributed by atoms with E-state index >= 15 is 0 Å². The Labute approximate surface area is 83.1 Å². The maximum Gasteiger partial charge on any atom is 0.119 e. The van der Waals surface area contributed by atoms with Gasteiger partial charge in [-0.1, -0.05) is 12.1 Å². The molecule has 0 saturated carbocycles. The summed E-state index contributed by atoms with van der Waals surface area (Å²) < 4.78 is 10.3. The van der Waals surface area contributed by atoms with E-state index in [4.69, 9.17) is 9.47 Å². The molecule has 0 aliphatic rings. The second-order valence-corrected chi connectivity index (χ2v) is 3.08. The Hall–Kier alpha value is -1.70. The molecule has 0 aromatic heterocycles. The monoisotopic (exact) mass is 188 g/mol. The van der Waals surface area contributed by atoms with Crippen molar-refractivity contribution in [1.82, 2.24) is 0 Å². The molecular weight excluding hydrogens is 176 g/mol. The molecule has 0 amide bonds. The van der Waals surface area contributed by atoms with E-state index in [9.17, 15) is 0 Å². The van der Waals surface area contributed by atoms with E-state index in [1.165, 1.54) is 0 Å². The first-order valence-electron chi connectivity index (χ1n) is 4.45. The van der Waals surface area contributed by atoms with Crippen molar-refractivity contribution in [2.24, 2.45) is 0 Å². The van der Waals surface area contributed by atoms with Crippen LogP contribution in [0.5, 0.6) is 11.5 Å². The van der Waals surface area contributed by atoms with Crippen molar-refractivity contribution in [3.8, 4) is 11.5 Å². The minimum Gasteiger partial charge on any atom is -0.497 e. The standard InChI is InChI=1S/C12H12O2/c1-13-11-5-3-10-8-12(14-2)6-4-9(10)7-11/h3-8H,1-2H3. The van der Waals surface area contributed by atoms with E-state index in [1.54, 1.807) is 14.2 Å². The first-order chi connectivity index (χ1) is 6.83. The van der Waals surface area contributed by atoms with Crippen LogP contribution < -0.4 is 9.47 Å². The quantitative estimate of drug-likeness (QED) is 0.721. The fourth-order valence-electron chi connectivity index (χ4n) is 1.46. The molecule has 2 heteroatoms. The zero-order valence-corrected chi connectivity index (χ0v) is 8.28. The highest BCUT2D eigenvalue weighted by atomic mass is 16.5. The number of fused-ring (bicyclic) bond motifs is 1. The average molecular weight is 188 g/mol. The Kier molecular flexibility index (Phi) is 2.27. The lowest BCUT2D eigenvalue weighted by atomic mass is 10.1. The Morgan fingerprint density at radius 1 is 0.714 bits per heavy atom. The van der Waals surface area contributed by atoms with Gasteiger partial charge in [-0.15, -0.1) is 0 Å². The molecule has 2 aromatic carbocycles. The maximum atomic E-state index is 5.15. The number of rotatable bonds is 2. The molecule has 0 atom stereocenters. The molecule has 0 fully saturated rings. The molecule has 14 heavy (non-hydrogen) atoms. The van der Waals surface area contributed by atoms with E-state index in [0.29, 0.717) is 0 Å². The third kappa shape index (κ3) is 1.51. The van der Waals surface area contributed by atoms with Crippen molar-refractivity contribution in [3.05, 3.63) is 36.4 Å². The van der Waals surface area contributed by atoms with Crippen molar-refractivity contribution in [3.63, 3.8) is 0 Å². The molecule has 0 radical (unpaired) electrons. The summed E-state index contributed by atoms with van der Waals surface area (Å²) in [5, 5.41) is 2.32. The maximum absolute atomic E-state index is 5.15. The van der Waals surface area contributed by atoms with Crippen LogP contribution in [0.4, 0.5) is 0 Å². The first-order valence-corrected chi connectivity index (χ1v) is 4.45. The zero-order valence-electron chi connectivity index (χ0n) is 8.28. The van der Waals surface area contributed by atoms with Crippen molar-refractivity contribution in [1.29, 1.82) is 0 Å². The van der Waals surface area contributed by atoms with Gasteiger partial charge in [0.15, 0.2) is 0 Å². The largest absolute Gasteiger partial charge is 0.497 e. The van der Waals surface area contributed by atoms with Crippen LogP contribution in [0.25, 0.3) is 10.8 Å². The van der Waals surface area contributed by atoms with Crippen LogP contribution in [0.1, 0.15) is 0 Å². The van der Waals surface area contributed by atoms with Crippen LogP contribution in [0, 0.1) is 0 Å². The van der Waals surface area contributed by atoms with Gasteiger partial charge in [0, 0.05) is 0 Å². The van der Waals surface area contributed by atoms with Gasteiger partial charge < -0.3 is 9.47 Å². The zero-order chi connectivity index (χ0) is 9.97. The molecule has 0 aliphatic heterocycles. The molecule has 0 heterocycles. The third-order valence-corrected chi connectivity index (χ3v) is 2.25. The van der Waals surface area contributed by atoms with Crippen molar-refractivity contribution in [2.45, 2.75) is 0 Å². The molecule has 0 N–H and O–H groups in total. The Morgan fingerprint density at radius 2 is 1.14 bits per heavy atom. The predicted octanol–water partition coefficient (Wildman–Crippen LogP) is 2.86. The minimum absolute atomic E-state index is 0.877. The summed E-state index contributed by atoms with van der Waals surface area (Å²) in [5.41, 5.74) is 0. The van der Waals surface area contributed by atoms with Gasteiger partial charge in [0.05, 0.1) is 14.2 Å². The molecule has 72 valence electrons. The second-order valence-electron chi connectivity index (χ2n) is 3.08. The smallest absolute Gasteiger partial charge is 0.119 e. The topological polar surface area (TPSA) is 18.5 Å². The number of hydrogen-bond donors (Lipinski definition) is 0. The van der Waals surface area contributed by atoms with Gasteiger partial charge in [-0.3, -0.25) is 0 Å². The van der Waals surface area contributed by atoms with E-state index in [-0.39, 0.29) is 0 Å². The summed E-state index contributed by atoms with van der Waals surface area (Å²) in [6, 6.07) is 12.0. The average Bonchev–Trinajstić information content (AvgIpc) is 2.27. The predicted molar refractivity (Wildman–Crippen MR) is 57.1 cm³/mol. The Morgan fingerprint density at radius 3 is 1.50 bits per heavy atom. The van der Waals surface area contributed by atoms with Crippen LogP contribution in [-0.2, 0) is 0 Å². The van der Waals surface area contributed by atoms with Crippen LogP contribution in [0.2, 0.25) is 0 Å². The van der Waals surface area contributed by atoms with Gasteiger partial charge in [0.1, 0.15) is 11.5 Å². The highest BCUT2D eigenvalue weighted by molar-refractivity contribution is 5.85. The molecule has 2 aromatic rings. The summed E-state index contributed by atoms with van der Waals surface area (Å²) >= 11 is 0. The van der Waals surface area contributed by atoms with E-state index in [0.717, 1.165) is 22.3 Å². The molecule has 2 nitrogen and oxygen atoms in total. The van der Waals surface area contributed by atoms with Gasteiger partial charge in [-0.2, -0.15) is 0 Å². The SMILES string of the molecule is COc1ccc2cc(OC)ccc2c1. The van der Waals surface area contributed by atoms with Crippen LogP contribution in [0.15, 0.2) is 36.4 Å². The number of benzene rings is 2. The Bertz CT molecular complexity index is 406. The molecule has 0 saturated heterocycles. The lowest BCUT2D eigenvalue weighted by Gasteiger charge is -2.04. The molecule has 2 rings (SSSR count). The number of methoxy groups -OCH3 is 2. The van der Waals surface area contributed by atoms with E-state index < -0.39 is 0 Å². The molecule has 0 bridgehead atoms. The lowest BCUT2D eigenvalue weighted by Crippen LogP contribution is -1.84. The summed E-state index contributed by atoms with van der Waals surface area (Å²) in [6.07, 6.45) is 0. The van der Waals surface area contributed by atoms with Gasteiger partial charge in [0.2, 0.25) is 0 Å². The normalized spacial score (nSPS) is 10.1. The second kappa shape index (κ2) is 3.58. The van der Waals surface area contributed by atoms with Crippen molar-refractivity contribution in [2.75, 3.05) is 14.2 Å². The van der Waals surface area contributed by atoms with Crippen molar-refractivity contribution < 1.29 is 9.47 Å². The van der Waals surface area contributed by atoms with E-state index in [1.807, 2.05) is 36.4 Å². The molecule has 0 aliphatic carbocycles. The van der Waals surface area contributed by atoms with Gasteiger partial charge in [-0.05, 0) is 35.0 Å². The summed E-state index contributed by atoms with van der Waals surface area (Å²) in [6.45, 7) is 0. The molecular formula is C12H12O2. The minimum atomic E-state index is 0.877. The first kappa shape index (κ1) is 8.88. The van der Waals surface area contributed by atoms with Gasteiger partial charge in [-0.25, -0.2) is 0 Å². The summed E-state index contributed by atoms with van der Waals surface area (Å²) in [7, 11) is 3.34. The van der Waals surface area contributed by atoms with Crippen LogP contribution >= 0.6 is 0 Å². The highest BCUT2D eigenvalue weighted by Crippen LogP contribution is 2.24. The van der Waals surface area contributed by atoms with Gasteiger partial charge in [0.25, 0.3) is 0 Å². The van der Waals surface area contributed by atoms with Crippen LogP contribution in [-0.4, -0.2) is 14.2 Å².